The molecule has 5 nitrogen and oxygen atoms in total. The van der Waals surface area contributed by atoms with Crippen LogP contribution in [0, 0.1) is 0 Å². The van der Waals surface area contributed by atoms with Crippen molar-refractivity contribution >= 4 is 12.1 Å². The van der Waals surface area contributed by atoms with Crippen molar-refractivity contribution in [2.75, 3.05) is 0 Å². The van der Waals surface area contributed by atoms with E-state index in [2.05, 4.69) is 48.2 Å². The number of amides is 1. The Morgan fingerprint density at radius 2 is 1.67 bits per heavy atom. The summed E-state index contributed by atoms with van der Waals surface area (Å²) in [6.45, 7) is 3.90. The van der Waals surface area contributed by atoms with E-state index in [1.54, 1.807) is 42.5 Å². The number of rotatable bonds is 8. The van der Waals surface area contributed by atoms with Gasteiger partial charge >= 0.3 is 6.61 Å². The molecular formula is C26H26F2N2O3. The molecule has 0 saturated heterocycles. The number of carbonyl (C=O) groups excluding carboxylic acids is 1. The third-order valence-corrected chi connectivity index (χ3v) is 4.85. The highest BCUT2D eigenvalue weighted by Gasteiger charge is 2.13. The lowest BCUT2D eigenvalue weighted by Gasteiger charge is -2.19. The summed E-state index contributed by atoms with van der Waals surface area (Å²) < 4.78 is 35.2. The SMILES string of the molecule is CC(C)(C)c1ccc(OCc2ccc(C(=O)NN=Cc3ccccc3OC(F)F)cc2)cc1. The monoisotopic (exact) mass is 452 g/mol. The molecule has 3 aromatic carbocycles. The minimum absolute atomic E-state index is 0.0251. The maximum atomic E-state index is 12.5. The predicted octanol–water partition coefficient (Wildman–Crippen LogP) is 5.93. The number of para-hydroxylation sites is 1. The number of ether oxygens (including phenoxy) is 2. The van der Waals surface area contributed by atoms with Crippen LogP contribution >= 0.6 is 0 Å². The van der Waals surface area contributed by atoms with Crippen LogP contribution in [0.15, 0.2) is 77.9 Å². The third kappa shape index (κ3) is 7.14. The Balaban J connectivity index is 1.53. The van der Waals surface area contributed by atoms with Crippen LogP contribution in [-0.4, -0.2) is 18.7 Å². The molecule has 7 heteroatoms. The molecule has 0 bridgehead atoms. The molecule has 0 radical (unpaired) electrons. The molecule has 0 saturated carbocycles. The first-order chi connectivity index (χ1) is 15.7. The van der Waals surface area contributed by atoms with Crippen molar-refractivity contribution in [3.63, 3.8) is 0 Å². The molecule has 0 unspecified atom stereocenters. The van der Waals surface area contributed by atoms with Crippen LogP contribution in [0.4, 0.5) is 8.78 Å². The van der Waals surface area contributed by atoms with Crippen LogP contribution in [0.25, 0.3) is 0 Å². The smallest absolute Gasteiger partial charge is 0.387 e. The van der Waals surface area contributed by atoms with Gasteiger partial charge in [0.05, 0.1) is 6.21 Å². The summed E-state index contributed by atoms with van der Waals surface area (Å²) in [6, 6.07) is 21.1. The third-order valence-electron chi connectivity index (χ3n) is 4.85. The molecule has 3 rings (SSSR count). The van der Waals surface area contributed by atoms with Gasteiger partial charge in [-0.1, -0.05) is 57.2 Å². The molecule has 1 N–H and O–H groups in total. The van der Waals surface area contributed by atoms with Gasteiger partial charge in [-0.2, -0.15) is 13.9 Å². The highest BCUT2D eigenvalue weighted by atomic mass is 19.3. The molecule has 0 spiro atoms. The average Bonchev–Trinajstić information content (AvgIpc) is 2.78. The Bertz CT molecular complexity index is 1090. The van der Waals surface area contributed by atoms with E-state index in [9.17, 15) is 13.6 Å². The van der Waals surface area contributed by atoms with E-state index in [1.807, 2.05) is 12.1 Å². The van der Waals surface area contributed by atoms with Crippen molar-refractivity contribution in [1.82, 2.24) is 5.43 Å². The van der Waals surface area contributed by atoms with Gasteiger partial charge in [0.2, 0.25) is 0 Å². The first-order valence-electron chi connectivity index (χ1n) is 10.4. The molecular weight excluding hydrogens is 426 g/mol. The summed E-state index contributed by atoms with van der Waals surface area (Å²) in [5, 5.41) is 3.83. The van der Waals surface area contributed by atoms with Gasteiger partial charge < -0.3 is 9.47 Å². The molecule has 3 aromatic rings. The van der Waals surface area contributed by atoms with Gasteiger partial charge in [0.15, 0.2) is 0 Å². The van der Waals surface area contributed by atoms with Crippen molar-refractivity contribution in [1.29, 1.82) is 0 Å². The summed E-state index contributed by atoms with van der Waals surface area (Å²) in [5.74, 6) is 0.321. The molecule has 0 aliphatic carbocycles. The second-order valence-corrected chi connectivity index (χ2v) is 8.38. The largest absolute Gasteiger partial charge is 0.489 e. The molecule has 0 aromatic heterocycles. The lowest BCUT2D eigenvalue weighted by atomic mass is 9.87. The van der Waals surface area contributed by atoms with Crippen LogP contribution in [0.3, 0.4) is 0 Å². The number of alkyl halides is 2. The average molecular weight is 453 g/mol. The standard InChI is InChI=1S/C26H26F2N2O3/c1-26(2,3)21-12-14-22(15-13-21)32-17-18-8-10-19(11-9-18)24(31)30-29-16-20-6-4-5-7-23(20)33-25(27)28/h4-16,25H,17H2,1-3H3,(H,30,31). The van der Waals surface area contributed by atoms with E-state index in [1.165, 1.54) is 17.8 Å². The lowest BCUT2D eigenvalue weighted by molar-refractivity contribution is -0.0499. The molecule has 33 heavy (non-hydrogen) atoms. The minimum Gasteiger partial charge on any atom is -0.489 e. The molecule has 0 heterocycles. The van der Waals surface area contributed by atoms with Crippen molar-refractivity contribution in [2.45, 2.75) is 39.4 Å². The van der Waals surface area contributed by atoms with Crippen LogP contribution < -0.4 is 14.9 Å². The van der Waals surface area contributed by atoms with Gasteiger partial charge in [0, 0.05) is 11.1 Å². The van der Waals surface area contributed by atoms with E-state index in [4.69, 9.17) is 4.74 Å². The quantitative estimate of drug-likeness (QED) is 0.340. The highest BCUT2D eigenvalue weighted by molar-refractivity contribution is 5.95. The maximum Gasteiger partial charge on any atom is 0.387 e. The van der Waals surface area contributed by atoms with Crippen LogP contribution in [-0.2, 0) is 12.0 Å². The Hall–Kier alpha value is -3.74. The van der Waals surface area contributed by atoms with E-state index in [0.717, 1.165) is 11.3 Å². The van der Waals surface area contributed by atoms with E-state index in [-0.39, 0.29) is 11.2 Å². The Morgan fingerprint density at radius 1 is 1.00 bits per heavy atom. The maximum absolute atomic E-state index is 12.5. The molecule has 0 atom stereocenters. The zero-order valence-electron chi connectivity index (χ0n) is 18.7. The summed E-state index contributed by atoms with van der Waals surface area (Å²) in [5.41, 5.74) is 5.33. The van der Waals surface area contributed by atoms with Gasteiger partial charge in [0.1, 0.15) is 18.1 Å². The van der Waals surface area contributed by atoms with Gasteiger partial charge in [-0.15, -0.1) is 0 Å². The van der Waals surface area contributed by atoms with Gasteiger partial charge in [-0.25, -0.2) is 5.43 Å². The predicted molar refractivity (Wildman–Crippen MR) is 124 cm³/mol. The van der Waals surface area contributed by atoms with Gasteiger partial charge in [-0.05, 0) is 52.9 Å². The van der Waals surface area contributed by atoms with E-state index < -0.39 is 12.5 Å². The highest BCUT2D eigenvalue weighted by Crippen LogP contribution is 2.24. The van der Waals surface area contributed by atoms with Crippen molar-refractivity contribution < 1.29 is 23.0 Å². The lowest BCUT2D eigenvalue weighted by Crippen LogP contribution is -2.17. The first kappa shape index (κ1) is 23.9. The molecule has 172 valence electrons. The van der Waals surface area contributed by atoms with Crippen molar-refractivity contribution in [2.24, 2.45) is 5.10 Å². The normalized spacial score (nSPS) is 11.6. The molecule has 0 aliphatic rings. The number of hydrogen-bond donors (Lipinski definition) is 1. The number of nitrogens with one attached hydrogen (secondary N) is 1. The molecule has 0 aliphatic heterocycles. The van der Waals surface area contributed by atoms with E-state index >= 15 is 0 Å². The van der Waals surface area contributed by atoms with Crippen molar-refractivity contribution in [3.05, 3.63) is 95.1 Å². The topological polar surface area (TPSA) is 59.9 Å². The van der Waals surface area contributed by atoms with Crippen LogP contribution in [0.2, 0.25) is 0 Å². The second kappa shape index (κ2) is 10.7. The Kier molecular flexibility index (Phi) is 7.77. The summed E-state index contributed by atoms with van der Waals surface area (Å²) in [6.07, 6.45) is 1.25. The zero-order chi connectivity index (χ0) is 23.8. The number of benzene rings is 3. The van der Waals surface area contributed by atoms with Gasteiger partial charge in [-0.3, -0.25) is 4.79 Å². The first-order valence-corrected chi connectivity index (χ1v) is 10.4. The molecule has 1 amide bonds. The van der Waals surface area contributed by atoms with Crippen LogP contribution in [0.1, 0.15) is 47.8 Å². The van der Waals surface area contributed by atoms with E-state index in [0.29, 0.717) is 17.7 Å². The number of nitrogens with zero attached hydrogens (tertiary/aromatic N) is 1. The number of halogens is 2. The Labute approximate surface area is 192 Å². The Morgan fingerprint density at radius 3 is 2.30 bits per heavy atom. The van der Waals surface area contributed by atoms with Crippen LogP contribution in [0.5, 0.6) is 11.5 Å². The zero-order valence-corrected chi connectivity index (χ0v) is 18.7. The fourth-order valence-corrected chi connectivity index (χ4v) is 2.99. The second-order valence-electron chi connectivity index (χ2n) is 8.38. The summed E-state index contributed by atoms with van der Waals surface area (Å²) in [4.78, 5) is 12.3. The van der Waals surface area contributed by atoms with Gasteiger partial charge in [0.25, 0.3) is 5.91 Å². The summed E-state index contributed by atoms with van der Waals surface area (Å²) >= 11 is 0. The molecule has 0 fully saturated rings. The fraction of sp³-hybridized carbons (Fsp3) is 0.231. The summed E-state index contributed by atoms with van der Waals surface area (Å²) in [7, 11) is 0. The van der Waals surface area contributed by atoms with Crippen molar-refractivity contribution in [3.8, 4) is 11.5 Å². The number of carbonyl (C=O) groups is 1. The minimum atomic E-state index is -2.94. The number of hydrogen-bond acceptors (Lipinski definition) is 4. The number of hydrazone groups is 1. The fourth-order valence-electron chi connectivity index (χ4n) is 2.99.